The van der Waals surface area contributed by atoms with E-state index >= 15 is 0 Å². The number of hydrogen-bond acceptors (Lipinski definition) is 6. The fourth-order valence-electron chi connectivity index (χ4n) is 2.96. The van der Waals surface area contributed by atoms with Crippen molar-refractivity contribution in [2.24, 2.45) is 7.05 Å². The van der Waals surface area contributed by atoms with Crippen LogP contribution >= 0.6 is 0 Å². The summed E-state index contributed by atoms with van der Waals surface area (Å²) in [5, 5.41) is 21.6. The Balaban J connectivity index is 2.13. The number of hydrogen-bond donors (Lipinski definition) is 3. The van der Waals surface area contributed by atoms with Gasteiger partial charge in [0.25, 0.3) is 11.5 Å². The number of nitrogens with zero attached hydrogens (tertiary/aromatic N) is 3. The number of benzene rings is 1. The molecule has 0 unspecified atom stereocenters. The van der Waals surface area contributed by atoms with E-state index in [1.54, 1.807) is 12.3 Å². The molecule has 0 atom stereocenters. The molecular formula is C20H20N4O5. The van der Waals surface area contributed by atoms with E-state index in [4.69, 9.17) is 5.11 Å². The second-order valence-electron chi connectivity index (χ2n) is 6.70. The van der Waals surface area contributed by atoms with Crippen LogP contribution in [0.2, 0.25) is 0 Å². The van der Waals surface area contributed by atoms with Crippen LogP contribution in [0, 0.1) is 0 Å². The van der Waals surface area contributed by atoms with E-state index in [0.29, 0.717) is 5.56 Å². The maximum Gasteiger partial charge on any atom is 0.322 e. The van der Waals surface area contributed by atoms with E-state index in [9.17, 15) is 19.5 Å². The van der Waals surface area contributed by atoms with Crippen LogP contribution in [-0.2, 0) is 11.8 Å². The Hall–Kier alpha value is -3.88. The number of carboxylic acids is 1. The molecule has 3 N–H and O–H groups in total. The zero-order chi connectivity index (χ0) is 21.3. The van der Waals surface area contributed by atoms with Crippen molar-refractivity contribution in [3.05, 3.63) is 52.4 Å². The number of pyridine rings is 2. The second-order valence-corrected chi connectivity index (χ2v) is 6.70. The van der Waals surface area contributed by atoms with Crippen molar-refractivity contribution in [2.75, 3.05) is 25.5 Å². The predicted octanol–water partition coefficient (Wildman–Crippen LogP) is 1.19. The quantitative estimate of drug-likeness (QED) is 0.591. The summed E-state index contributed by atoms with van der Waals surface area (Å²) in [6.07, 6.45) is 1.58. The van der Waals surface area contributed by atoms with Gasteiger partial charge in [-0.15, -0.1) is 0 Å². The molecule has 9 heteroatoms. The van der Waals surface area contributed by atoms with Gasteiger partial charge in [-0.3, -0.25) is 19.0 Å². The summed E-state index contributed by atoms with van der Waals surface area (Å²) in [6.45, 7) is -0.671. The first kappa shape index (κ1) is 19.9. The highest BCUT2D eigenvalue weighted by atomic mass is 16.4. The van der Waals surface area contributed by atoms with Crippen LogP contribution < -0.4 is 15.8 Å². The molecule has 9 nitrogen and oxygen atoms in total. The van der Waals surface area contributed by atoms with Gasteiger partial charge in [-0.25, -0.2) is 4.98 Å². The molecule has 3 rings (SSSR count). The zero-order valence-corrected chi connectivity index (χ0v) is 16.1. The van der Waals surface area contributed by atoms with Crippen molar-refractivity contribution >= 4 is 28.6 Å². The largest absolute Gasteiger partial charge is 0.506 e. The van der Waals surface area contributed by atoms with Gasteiger partial charge in [0.15, 0.2) is 0 Å². The van der Waals surface area contributed by atoms with Crippen LogP contribution in [0.15, 0.2) is 41.3 Å². The van der Waals surface area contributed by atoms with Gasteiger partial charge in [-0.05, 0) is 23.8 Å². The van der Waals surface area contributed by atoms with Gasteiger partial charge >= 0.3 is 5.97 Å². The third kappa shape index (κ3) is 3.75. The molecule has 1 amide bonds. The SMILES string of the molecule is CN(C)c1ccc(-c2cnc3c(c2)c(O)c(C(=O)NCC(=O)O)c(=O)n3C)cc1. The molecule has 0 saturated carbocycles. The molecule has 150 valence electrons. The van der Waals surface area contributed by atoms with E-state index < -0.39 is 35.3 Å². The highest BCUT2D eigenvalue weighted by molar-refractivity contribution is 6.03. The summed E-state index contributed by atoms with van der Waals surface area (Å²) in [6, 6.07) is 9.31. The summed E-state index contributed by atoms with van der Waals surface area (Å²) in [5.74, 6) is -2.76. The molecular weight excluding hydrogens is 376 g/mol. The Labute approximate surface area is 165 Å². The maximum absolute atomic E-state index is 12.5. The third-order valence-corrected chi connectivity index (χ3v) is 4.54. The highest BCUT2D eigenvalue weighted by Crippen LogP contribution is 2.30. The number of carboxylic acid groups (broad SMARTS) is 1. The zero-order valence-electron chi connectivity index (χ0n) is 16.1. The van der Waals surface area contributed by atoms with Crippen LogP contribution in [-0.4, -0.2) is 52.3 Å². The number of aliphatic carboxylic acids is 1. The van der Waals surface area contributed by atoms with Crippen LogP contribution in [0.1, 0.15) is 10.4 Å². The van der Waals surface area contributed by atoms with Crippen LogP contribution in [0.3, 0.4) is 0 Å². The van der Waals surface area contributed by atoms with Gasteiger partial charge in [0.2, 0.25) is 0 Å². The summed E-state index contributed by atoms with van der Waals surface area (Å²) < 4.78 is 1.14. The minimum absolute atomic E-state index is 0.205. The number of carbonyl (C=O) groups excluding carboxylic acids is 1. The van der Waals surface area contributed by atoms with Crippen molar-refractivity contribution in [3.8, 4) is 16.9 Å². The highest BCUT2D eigenvalue weighted by Gasteiger charge is 2.22. The molecule has 2 heterocycles. The lowest BCUT2D eigenvalue weighted by atomic mass is 10.0. The number of rotatable bonds is 5. The molecule has 0 bridgehead atoms. The molecule has 0 aliphatic heterocycles. The van der Waals surface area contributed by atoms with E-state index in [-0.39, 0.29) is 11.0 Å². The Morgan fingerprint density at radius 3 is 2.41 bits per heavy atom. The number of aryl methyl sites for hydroxylation is 1. The summed E-state index contributed by atoms with van der Waals surface area (Å²) in [5.41, 5.74) is 1.46. The fraction of sp³-hybridized carbons (Fsp3) is 0.200. The molecule has 0 radical (unpaired) electrons. The minimum atomic E-state index is -1.26. The monoisotopic (exact) mass is 396 g/mol. The van der Waals surface area contributed by atoms with Crippen molar-refractivity contribution in [2.45, 2.75) is 0 Å². The first-order valence-corrected chi connectivity index (χ1v) is 8.70. The summed E-state index contributed by atoms with van der Waals surface area (Å²) >= 11 is 0. The van der Waals surface area contributed by atoms with E-state index in [0.717, 1.165) is 15.8 Å². The first-order valence-electron chi connectivity index (χ1n) is 8.70. The van der Waals surface area contributed by atoms with Gasteiger partial charge in [0.1, 0.15) is 23.5 Å². The lowest BCUT2D eigenvalue weighted by molar-refractivity contribution is -0.135. The number of anilines is 1. The Bertz CT molecular complexity index is 1170. The van der Waals surface area contributed by atoms with Crippen molar-refractivity contribution < 1.29 is 19.8 Å². The summed E-state index contributed by atoms with van der Waals surface area (Å²) in [7, 11) is 5.29. The van der Waals surface area contributed by atoms with Crippen LogP contribution in [0.4, 0.5) is 5.69 Å². The van der Waals surface area contributed by atoms with Crippen molar-refractivity contribution in [3.63, 3.8) is 0 Å². The Morgan fingerprint density at radius 2 is 1.83 bits per heavy atom. The maximum atomic E-state index is 12.5. The average molecular weight is 396 g/mol. The predicted molar refractivity (Wildman–Crippen MR) is 108 cm³/mol. The molecule has 2 aromatic heterocycles. The molecule has 0 saturated heterocycles. The van der Waals surface area contributed by atoms with Crippen molar-refractivity contribution in [1.82, 2.24) is 14.9 Å². The molecule has 1 aromatic carbocycles. The molecule has 3 aromatic rings. The molecule has 29 heavy (non-hydrogen) atoms. The lowest BCUT2D eigenvalue weighted by Gasteiger charge is -2.14. The van der Waals surface area contributed by atoms with Gasteiger partial charge in [0, 0.05) is 38.6 Å². The topological polar surface area (TPSA) is 125 Å². The number of aromatic nitrogens is 2. The number of aromatic hydroxyl groups is 1. The Kier molecular flexibility index (Phi) is 5.22. The van der Waals surface area contributed by atoms with Gasteiger partial charge in [-0.1, -0.05) is 12.1 Å². The van der Waals surface area contributed by atoms with Gasteiger partial charge < -0.3 is 20.4 Å². The van der Waals surface area contributed by atoms with Gasteiger partial charge in [-0.2, -0.15) is 0 Å². The van der Waals surface area contributed by atoms with Crippen LogP contribution in [0.5, 0.6) is 5.75 Å². The minimum Gasteiger partial charge on any atom is -0.506 e. The molecule has 0 spiro atoms. The van der Waals surface area contributed by atoms with E-state index in [1.807, 2.05) is 43.3 Å². The Morgan fingerprint density at radius 1 is 1.17 bits per heavy atom. The number of nitrogens with one attached hydrogen (secondary N) is 1. The molecule has 0 aliphatic rings. The molecule has 0 fully saturated rings. The fourth-order valence-corrected chi connectivity index (χ4v) is 2.96. The lowest BCUT2D eigenvalue weighted by Crippen LogP contribution is -2.35. The third-order valence-electron chi connectivity index (χ3n) is 4.54. The first-order chi connectivity index (χ1) is 13.7. The standard InChI is InChI=1S/C20H20N4O5/c1-23(2)13-6-4-11(5-7-13)12-8-14-17(27)16(19(28)22-10-15(25)26)20(29)24(3)18(14)21-9-12/h4-9,27H,10H2,1-3H3,(H,22,28)(H,25,26). The van der Waals surface area contributed by atoms with Crippen LogP contribution in [0.25, 0.3) is 22.2 Å². The van der Waals surface area contributed by atoms with E-state index in [1.165, 1.54) is 7.05 Å². The summed E-state index contributed by atoms with van der Waals surface area (Å²) in [4.78, 5) is 41.7. The van der Waals surface area contributed by atoms with Crippen molar-refractivity contribution in [1.29, 1.82) is 0 Å². The molecule has 0 aliphatic carbocycles. The number of amides is 1. The average Bonchev–Trinajstić information content (AvgIpc) is 2.70. The smallest absolute Gasteiger partial charge is 0.322 e. The normalized spacial score (nSPS) is 10.7. The number of fused-ring (bicyclic) bond motifs is 1. The number of carbonyl (C=O) groups is 2. The second kappa shape index (κ2) is 7.63. The van der Waals surface area contributed by atoms with E-state index in [2.05, 4.69) is 10.3 Å². The van der Waals surface area contributed by atoms with Gasteiger partial charge in [0.05, 0.1) is 5.39 Å².